The number of halogens is 1. The average molecular weight is 410 g/mol. The molecule has 0 saturated carbocycles. The van der Waals surface area contributed by atoms with Gasteiger partial charge in [-0.1, -0.05) is 26.2 Å². The molecule has 1 fully saturated rings. The summed E-state index contributed by atoms with van der Waals surface area (Å²) < 4.78 is 7.44. The Labute approximate surface area is 166 Å². The van der Waals surface area contributed by atoms with Gasteiger partial charge in [-0.2, -0.15) is 0 Å². The quantitative estimate of drug-likeness (QED) is 0.244. The number of amides is 1. The molecule has 152 valence electrons. The van der Waals surface area contributed by atoms with Crippen molar-refractivity contribution >= 4 is 36.2 Å². The summed E-state index contributed by atoms with van der Waals surface area (Å²) in [5.74, 6) is -0.649. The maximum Gasteiger partial charge on any atom is 0.330 e. The number of hydrogen-bond donors (Lipinski definition) is 1. The number of nitrogens with one attached hydrogen (secondary N) is 1. The van der Waals surface area contributed by atoms with E-state index < -0.39 is 16.8 Å². The largest absolute Gasteiger partial charge is 0.464 e. The molecule has 0 spiro atoms. The molecule has 0 aromatic heterocycles. The zero-order chi connectivity index (χ0) is 18.7. The number of carbonyl (C=O) groups excluding carboxylic acids is 2. The van der Waals surface area contributed by atoms with Crippen LogP contribution in [-0.2, 0) is 14.3 Å². The number of rotatable bonds is 11. The Hall–Kier alpha value is -0.860. The third-order valence-electron chi connectivity index (χ3n) is 4.66. The Bertz CT molecular complexity index is 446. The first-order valence-corrected chi connectivity index (χ1v) is 9.91. The van der Waals surface area contributed by atoms with Gasteiger partial charge in [0.15, 0.2) is 0 Å². The van der Waals surface area contributed by atoms with Crippen molar-refractivity contribution < 1.29 is 14.3 Å². The molecule has 1 atom stereocenters. The van der Waals surface area contributed by atoms with Crippen LogP contribution in [-0.4, -0.2) is 54.3 Å². The molecule has 1 heterocycles. The Morgan fingerprint density at radius 2 is 1.88 bits per heavy atom. The van der Waals surface area contributed by atoms with E-state index in [4.69, 9.17) is 4.74 Å². The second-order valence-electron chi connectivity index (χ2n) is 6.60. The first-order chi connectivity index (χ1) is 12.0. The fourth-order valence-electron chi connectivity index (χ4n) is 3.08. The van der Waals surface area contributed by atoms with Gasteiger partial charge in [0.25, 0.3) is 0 Å². The molecule has 9 heteroatoms. The number of unbranched alkanes of at least 4 members (excludes halogenated alkanes) is 3. The van der Waals surface area contributed by atoms with E-state index in [9.17, 15) is 14.5 Å². The van der Waals surface area contributed by atoms with Crippen molar-refractivity contribution in [2.75, 3.05) is 26.7 Å². The lowest BCUT2D eigenvalue weighted by Crippen LogP contribution is -2.59. The summed E-state index contributed by atoms with van der Waals surface area (Å²) in [4.78, 5) is 38.0. The number of piperidine rings is 1. The highest BCUT2D eigenvalue weighted by Crippen LogP contribution is 2.40. The van der Waals surface area contributed by atoms with Crippen LogP contribution < -0.4 is 5.32 Å². The molecule has 1 rings (SSSR count). The number of nitroso groups, excluding NO2 is 1. The molecular formula is C17H32ClN3O4S. The van der Waals surface area contributed by atoms with Crippen molar-refractivity contribution in [2.24, 2.45) is 4.58 Å². The lowest BCUT2D eigenvalue weighted by molar-refractivity contribution is -0.149. The number of esters is 1. The smallest absolute Gasteiger partial charge is 0.330 e. The van der Waals surface area contributed by atoms with Crippen LogP contribution in [0.4, 0.5) is 0 Å². The molecule has 0 bridgehead atoms. The number of nitrogens with zero attached hydrogens (tertiary/aromatic N) is 2. The van der Waals surface area contributed by atoms with Crippen molar-refractivity contribution in [3.05, 3.63) is 4.91 Å². The SMILES string of the molecule is CCCCCCC(=O)NC(C(=O)OCC)C1(SN=O)CCN(C)CC1.Cl. The van der Waals surface area contributed by atoms with E-state index >= 15 is 0 Å². The fraction of sp³-hybridized carbons (Fsp3) is 0.882. The minimum absolute atomic E-state index is 0. The van der Waals surface area contributed by atoms with Crippen molar-refractivity contribution in [1.29, 1.82) is 0 Å². The molecule has 7 nitrogen and oxygen atoms in total. The van der Waals surface area contributed by atoms with Crippen LogP contribution in [0, 0.1) is 4.91 Å². The van der Waals surface area contributed by atoms with E-state index in [-0.39, 0.29) is 24.9 Å². The highest BCUT2D eigenvalue weighted by molar-refractivity contribution is 7.99. The summed E-state index contributed by atoms with van der Waals surface area (Å²) in [6.07, 6.45) is 5.56. The molecule has 1 amide bonds. The van der Waals surface area contributed by atoms with Gasteiger partial charge in [0.1, 0.15) is 6.04 Å². The molecular weight excluding hydrogens is 378 g/mol. The van der Waals surface area contributed by atoms with E-state index in [1.807, 2.05) is 7.05 Å². The van der Waals surface area contributed by atoms with Gasteiger partial charge in [0, 0.05) is 23.0 Å². The predicted molar refractivity (Wildman–Crippen MR) is 107 cm³/mol. The van der Waals surface area contributed by atoms with Gasteiger partial charge in [-0.05, 0) is 46.3 Å². The van der Waals surface area contributed by atoms with Gasteiger partial charge >= 0.3 is 5.97 Å². The fourth-order valence-corrected chi connectivity index (χ4v) is 3.85. The summed E-state index contributed by atoms with van der Waals surface area (Å²) in [5, 5.41) is 2.84. The molecule has 1 aliphatic heterocycles. The van der Waals surface area contributed by atoms with Gasteiger partial charge in [-0.3, -0.25) is 4.79 Å². The van der Waals surface area contributed by atoms with E-state index in [1.54, 1.807) is 6.92 Å². The molecule has 1 unspecified atom stereocenters. The average Bonchev–Trinajstić information content (AvgIpc) is 2.59. The molecule has 0 aromatic rings. The van der Waals surface area contributed by atoms with E-state index in [2.05, 4.69) is 21.7 Å². The maximum absolute atomic E-state index is 12.5. The maximum atomic E-state index is 12.5. The first-order valence-electron chi connectivity index (χ1n) is 9.14. The van der Waals surface area contributed by atoms with Crippen molar-refractivity contribution in [2.45, 2.75) is 69.6 Å². The van der Waals surface area contributed by atoms with Crippen LogP contribution in [0.15, 0.2) is 4.58 Å². The zero-order valence-corrected chi connectivity index (χ0v) is 17.6. The van der Waals surface area contributed by atoms with Crippen molar-refractivity contribution in [3.8, 4) is 0 Å². The Morgan fingerprint density at radius 3 is 2.42 bits per heavy atom. The highest BCUT2D eigenvalue weighted by Gasteiger charge is 2.48. The number of hydrogen-bond acceptors (Lipinski definition) is 7. The monoisotopic (exact) mass is 409 g/mol. The molecule has 1 aliphatic rings. The molecule has 1 saturated heterocycles. The van der Waals surface area contributed by atoms with E-state index in [0.29, 0.717) is 19.3 Å². The van der Waals surface area contributed by atoms with Gasteiger partial charge < -0.3 is 15.0 Å². The summed E-state index contributed by atoms with van der Waals surface area (Å²) >= 11 is 0.865. The van der Waals surface area contributed by atoms with Crippen LogP contribution in [0.25, 0.3) is 0 Å². The topological polar surface area (TPSA) is 88.1 Å². The summed E-state index contributed by atoms with van der Waals surface area (Å²) in [6.45, 7) is 5.56. The van der Waals surface area contributed by atoms with Crippen LogP contribution in [0.3, 0.4) is 0 Å². The summed E-state index contributed by atoms with van der Waals surface area (Å²) in [5.41, 5.74) is 0. The Kier molecular flexibility index (Phi) is 12.9. The number of likely N-dealkylation sites (tertiary alicyclic amines) is 1. The van der Waals surface area contributed by atoms with E-state index in [1.165, 1.54) is 0 Å². The first kappa shape index (κ1) is 25.1. The Morgan fingerprint density at radius 1 is 1.23 bits per heavy atom. The molecule has 0 aliphatic carbocycles. The lowest BCUT2D eigenvalue weighted by atomic mass is 9.88. The number of carbonyl (C=O) groups is 2. The predicted octanol–water partition coefficient (Wildman–Crippen LogP) is 3.31. The van der Waals surface area contributed by atoms with E-state index in [0.717, 1.165) is 50.7 Å². The third kappa shape index (κ3) is 7.80. The van der Waals surface area contributed by atoms with Crippen LogP contribution >= 0.6 is 24.4 Å². The molecule has 26 heavy (non-hydrogen) atoms. The molecule has 1 N–H and O–H groups in total. The Balaban J connectivity index is 0.00000625. The third-order valence-corrected chi connectivity index (χ3v) is 5.75. The number of ether oxygens (including phenoxy) is 1. The van der Waals surface area contributed by atoms with Crippen molar-refractivity contribution in [1.82, 2.24) is 10.2 Å². The van der Waals surface area contributed by atoms with Crippen LogP contribution in [0.1, 0.15) is 58.8 Å². The summed E-state index contributed by atoms with van der Waals surface area (Å²) in [6, 6.07) is -0.845. The van der Waals surface area contributed by atoms with Gasteiger partial charge in [0.05, 0.1) is 11.4 Å². The van der Waals surface area contributed by atoms with Gasteiger partial charge in [-0.25, -0.2) is 4.79 Å². The standard InChI is InChI=1S/C17H31N3O4S.ClH/c1-4-6-7-8-9-14(21)18-15(16(22)24-5-2)17(25-19-23)10-12-20(3)13-11-17;/h15H,4-13H2,1-3H3,(H,18,21);1H. The lowest BCUT2D eigenvalue weighted by Gasteiger charge is -2.42. The summed E-state index contributed by atoms with van der Waals surface area (Å²) in [7, 11) is 1.99. The minimum atomic E-state index is -0.845. The minimum Gasteiger partial charge on any atom is -0.464 e. The molecule has 0 aromatic carbocycles. The van der Waals surface area contributed by atoms with Crippen LogP contribution in [0.5, 0.6) is 0 Å². The second kappa shape index (κ2) is 13.3. The zero-order valence-electron chi connectivity index (χ0n) is 16.0. The van der Waals surface area contributed by atoms with Crippen molar-refractivity contribution in [3.63, 3.8) is 0 Å². The van der Waals surface area contributed by atoms with Crippen LogP contribution in [0.2, 0.25) is 0 Å². The van der Waals surface area contributed by atoms with Gasteiger partial charge in [0.2, 0.25) is 5.91 Å². The second-order valence-corrected chi connectivity index (χ2v) is 7.74. The molecule has 0 radical (unpaired) electrons. The normalized spacial score (nSPS) is 17.7. The highest BCUT2D eigenvalue weighted by atomic mass is 35.5. The van der Waals surface area contributed by atoms with Gasteiger partial charge in [-0.15, -0.1) is 17.3 Å².